The lowest BCUT2D eigenvalue weighted by molar-refractivity contribution is -0.146. The van der Waals surface area contributed by atoms with Crippen molar-refractivity contribution in [1.82, 2.24) is 0 Å². The van der Waals surface area contributed by atoms with Crippen LogP contribution in [-0.2, 0) is 4.79 Å². The van der Waals surface area contributed by atoms with Crippen LogP contribution in [0.15, 0.2) is 18.2 Å². The quantitative estimate of drug-likeness (QED) is 0.768. The van der Waals surface area contributed by atoms with Crippen LogP contribution in [0.4, 0.5) is 5.69 Å². The number of carbonyl (C=O) groups is 1. The smallest absolute Gasteiger partial charge is 0.324 e. The van der Waals surface area contributed by atoms with Crippen molar-refractivity contribution >= 4 is 34.9 Å². The van der Waals surface area contributed by atoms with E-state index >= 15 is 0 Å². The van der Waals surface area contributed by atoms with E-state index in [-0.39, 0.29) is 11.8 Å². The van der Waals surface area contributed by atoms with Crippen LogP contribution in [0.2, 0.25) is 0 Å². The molecule has 3 aliphatic rings. The molecule has 3 aliphatic carbocycles. The molecule has 2 bridgehead atoms. The molecule has 0 radical (unpaired) electrons. The van der Waals surface area contributed by atoms with Crippen LogP contribution in [0.1, 0.15) is 42.2 Å². The van der Waals surface area contributed by atoms with E-state index in [1.54, 1.807) is 0 Å². The maximum atomic E-state index is 11.7. The average molecular weight is 357 g/mol. The molecule has 23 heavy (non-hydrogen) atoms. The van der Waals surface area contributed by atoms with Crippen molar-refractivity contribution in [2.75, 3.05) is 29.7 Å². The standard InChI is InChI=1S/C17H22Cl2N2O2/c18-5-7-21(8-6-19)12-2-3-13-14(9-12)11-1-4-15(13)17(20,10-11)16(22)23/h2-3,9,11,15H,1,4-8,10,20H2,(H,22,23). The first-order chi connectivity index (χ1) is 11.0. The molecule has 3 N–H and O–H groups in total. The molecule has 0 spiro atoms. The molecule has 1 aromatic rings. The highest BCUT2D eigenvalue weighted by Gasteiger charge is 2.52. The van der Waals surface area contributed by atoms with Gasteiger partial charge < -0.3 is 15.7 Å². The number of halogens is 2. The zero-order valence-corrected chi connectivity index (χ0v) is 14.5. The predicted octanol–water partition coefficient (Wildman–Crippen LogP) is 3.12. The molecule has 3 unspecified atom stereocenters. The molecule has 0 saturated heterocycles. The fourth-order valence-electron chi connectivity index (χ4n) is 4.22. The molecule has 3 atom stereocenters. The van der Waals surface area contributed by atoms with Gasteiger partial charge in [0.1, 0.15) is 5.54 Å². The molecule has 0 heterocycles. The number of nitrogens with zero attached hydrogens (tertiary/aromatic N) is 1. The molecule has 1 saturated carbocycles. The molecule has 0 amide bonds. The van der Waals surface area contributed by atoms with Gasteiger partial charge in [-0.25, -0.2) is 0 Å². The van der Waals surface area contributed by atoms with Crippen LogP contribution in [-0.4, -0.2) is 41.5 Å². The summed E-state index contributed by atoms with van der Waals surface area (Å²) < 4.78 is 0. The van der Waals surface area contributed by atoms with E-state index < -0.39 is 11.5 Å². The largest absolute Gasteiger partial charge is 0.480 e. The van der Waals surface area contributed by atoms with Gasteiger partial charge in [0.15, 0.2) is 0 Å². The number of aliphatic carboxylic acids is 1. The van der Waals surface area contributed by atoms with Gasteiger partial charge in [0.25, 0.3) is 0 Å². The third-order valence-electron chi connectivity index (χ3n) is 5.37. The first-order valence-corrected chi connectivity index (χ1v) is 9.11. The Morgan fingerprint density at radius 2 is 1.96 bits per heavy atom. The summed E-state index contributed by atoms with van der Waals surface area (Å²) in [4.78, 5) is 13.8. The molecular weight excluding hydrogens is 335 g/mol. The van der Waals surface area contributed by atoms with Gasteiger partial charge in [-0.2, -0.15) is 0 Å². The summed E-state index contributed by atoms with van der Waals surface area (Å²) in [6, 6.07) is 6.29. The van der Waals surface area contributed by atoms with Crippen molar-refractivity contribution in [3.05, 3.63) is 29.3 Å². The van der Waals surface area contributed by atoms with Gasteiger partial charge in [-0.05, 0) is 48.4 Å². The highest BCUT2D eigenvalue weighted by molar-refractivity contribution is 6.18. The minimum atomic E-state index is -1.12. The zero-order valence-electron chi connectivity index (χ0n) is 13.0. The van der Waals surface area contributed by atoms with E-state index in [0.29, 0.717) is 18.2 Å². The summed E-state index contributed by atoms with van der Waals surface area (Å²) in [7, 11) is 0. The lowest BCUT2D eigenvalue weighted by atomic mass is 9.58. The third kappa shape index (κ3) is 2.81. The summed E-state index contributed by atoms with van der Waals surface area (Å²) in [5.41, 5.74) is 8.60. The summed E-state index contributed by atoms with van der Waals surface area (Å²) in [6.07, 6.45) is 2.39. The monoisotopic (exact) mass is 356 g/mol. The third-order valence-corrected chi connectivity index (χ3v) is 5.71. The fraction of sp³-hybridized carbons (Fsp3) is 0.588. The summed E-state index contributed by atoms with van der Waals surface area (Å²) in [5.74, 6) is 0.344. The number of hydrogen-bond acceptors (Lipinski definition) is 3. The van der Waals surface area contributed by atoms with E-state index in [2.05, 4.69) is 17.0 Å². The summed E-state index contributed by atoms with van der Waals surface area (Å²) in [6.45, 7) is 1.49. The van der Waals surface area contributed by atoms with Gasteiger partial charge in [0, 0.05) is 36.5 Å². The SMILES string of the molecule is NC1(C(=O)O)CC2CCC1c1ccc(N(CCCl)CCCl)cc12. The van der Waals surface area contributed by atoms with Crippen molar-refractivity contribution in [3.63, 3.8) is 0 Å². The van der Waals surface area contributed by atoms with Gasteiger partial charge in [0.2, 0.25) is 0 Å². The van der Waals surface area contributed by atoms with Crippen LogP contribution in [0, 0.1) is 0 Å². The fourth-order valence-corrected chi connectivity index (χ4v) is 4.62. The zero-order chi connectivity index (χ0) is 16.6. The molecule has 1 aromatic carbocycles. The number of hydrogen-bond donors (Lipinski definition) is 2. The first kappa shape index (κ1) is 16.9. The Balaban J connectivity index is 1.96. The minimum absolute atomic E-state index is 0.0939. The topological polar surface area (TPSA) is 66.6 Å². The van der Waals surface area contributed by atoms with Gasteiger partial charge in [0.05, 0.1) is 0 Å². The molecule has 126 valence electrons. The lowest BCUT2D eigenvalue weighted by Gasteiger charge is -2.48. The maximum Gasteiger partial charge on any atom is 0.324 e. The molecule has 6 heteroatoms. The summed E-state index contributed by atoms with van der Waals surface area (Å²) in [5, 5.41) is 9.57. The van der Waals surface area contributed by atoms with Gasteiger partial charge in [-0.1, -0.05) is 6.07 Å². The minimum Gasteiger partial charge on any atom is -0.480 e. The highest BCUT2D eigenvalue weighted by Crippen LogP contribution is 2.54. The number of fused-ring (bicyclic) bond motifs is 2. The van der Waals surface area contributed by atoms with Crippen molar-refractivity contribution in [3.8, 4) is 0 Å². The van der Waals surface area contributed by atoms with Gasteiger partial charge >= 0.3 is 5.97 Å². The van der Waals surface area contributed by atoms with Crippen molar-refractivity contribution in [2.24, 2.45) is 5.73 Å². The average Bonchev–Trinajstić information content (AvgIpc) is 2.54. The normalized spacial score (nSPS) is 28.5. The Kier molecular flexibility index (Phi) is 4.77. The first-order valence-electron chi connectivity index (χ1n) is 8.04. The molecule has 1 fully saturated rings. The van der Waals surface area contributed by atoms with Gasteiger partial charge in [-0.3, -0.25) is 4.79 Å². The highest BCUT2D eigenvalue weighted by atomic mass is 35.5. The van der Waals surface area contributed by atoms with Crippen LogP contribution in [0.25, 0.3) is 0 Å². The number of carboxylic acid groups (broad SMARTS) is 1. The van der Waals surface area contributed by atoms with Gasteiger partial charge in [-0.15, -0.1) is 23.2 Å². The van der Waals surface area contributed by atoms with Crippen LogP contribution >= 0.6 is 23.2 Å². The number of rotatable bonds is 6. The van der Waals surface area contributed by atoms with Crippen LogP contribution in [0.3, 0.4) is 0 Å². The molecule has 0 aromatic heterocycles. The second kappa shape index (κ2) is 6.50. The van der Waals surface area contributed by atoms with Crippen LogP contribution < -0.4 is 10.6 Å². The van der Waals surface area contributed by atoms with Crippen LogP contribution in [0.5, 0.6) is 0 Å². The number of carboxylic acids is 1. The lowest BCUT2D eigenvalue weighted by Crippen LogP contribution is -2.58. The molecule has 0 aliphatic heterocycles. The van der Waals surface area contributed by atoms with E-state index in [1.165, 1.54) is 5.56 Å². The molecular formula is C17H22Cl2N2O2. The van der Waals surface area contributed by atoms with E-state index in [9.17, 15) is 9.90 Å². The number of benzene rings is 1. The van der Waals surface area contributed by atoms with Crippen molar-refractivity contribution in [1.29, 1.82) is 0 Å². The maximum absolute atomic E-state index is 11.7. The van der Waals surface area contributed by atoms with Crippen molar-refractivity contribution in [2.45, 2.75) is 36.6 Å². The Labute approximate surface area is 146 Å². The predicted molar refractivity (Wildman–Crippen MR) is 94.0 cm³/mol. The van der Waals surface area contributed by atoms with Crippen molar-refractivity contribution < 1.29 is 9.90 Å². The Bertz CT molecular complexity index is 604. The number of anilines is 1. The van der Waals surface area contributed by atoms with E-state index in [1.807, 2.05) is 6.07 Å². The number of alkyl halides is 2. The van der Waals surface area contributed by atoms with E-state index in [0.717, 1.165) is 37.2 Å². The second-order valence-electron chi connectivity index (χ2n) is 6.55. The van der Waals surface area contributed by atoms with E-state index in [4.69, 9.17) is 28.9 Å². The second-order valence-corrected chi connectivity index (χ2v) is 7.31. The molecule has 4 rings (SSSR count). The molecule has 4 nitrogen and oxygen atoms in total. The Hall–Kier alpha value is -0.970. The Morgan fingerprint density at radius 1 is 1.26 bits per heavy atom. The Morgan fingerprint density at radius 3 is 2.57 bits per heavy atom. The number of nitrogens with two attached hydrogens (primary N) is 1. The summed E-state index contributed by atoms with van der Waals surface area (Å²) >= 11 is 11.8.